The van der Waals surface area contributed by atoms with E-state index in [0.717, 1.165) is 5.56 Å². The van der Waals surface area contributed by atoms with Crippen LogP contribution in [0.2, 0.25) is 0 Å². The van der Waals surface area contributed by atoms with Crippen LogP contribution < -0.4 is 5.32 Å². The fraction of sp³-hybridized carbons (Fsp3) is 0.235. The number of anilines is 1. The maximum atomic E-state index is 11.0. The van der Waals surface area contributed by atoms with Crippen LogP contribution in [-0.4, -0.2) is 36.2 Å². The second-order valence-corrected chi connectivity index (χ2v) is 4.65. The van der Waals surface area contributed by atoms with Gasteiger partial charge in [0.25, 0.3) is 0 Å². The zero-order valence-electron chi connectivity index (χ0n) is 12.9. The van der Waals surface area contributed by atoms with E-state index in [1.165, 1.54) is 13.2 Å². The molecule has 2 aromatic rings. The summed E-state index contributed by atoms with van der Waals surface area (Å²) in [5, 5.41) is 3.12. The summed E-state index contributed by atoms with van der Waals surface area (Å²) in [6.45, 7) is 1.80. The van der Waals surface area contributed by atoms with Gasteiger partial charge in [-0.2, -0.15) is 0 Å². The van der Waals surface area contributed by atoms with Gasteiger partial charge in [-0.05, 0) is 11.6 Å². The van der Waals surface area contributed by atoms with E-state index in [1.807, 2.05) is 30.3 Å². The summed E-state index contributed by atoms with van der Waals surface area (Å²) in [4.78, 5) is 19.4. The molecule has 0 aliphatic carbocycles. The molecule has 0 saturated carbocycles. The Kier molecular flexibility index (Phi) is 6.74. The first-order valence-electron chi connectivity index (χ1n) is 7.21. The highest BCUT2D eigenvalue weighted by Gasteiger charge is 1.97. The monoisotopic (exact) mass is 313 g/mol. The van der Waals surface area contributed by atoms with Crippen molar-refractivity contribution in [2.24, 2.45) is 0 Å². The Hall–Kier alpha value is -2.73. The molecule has 2 rings (SSSR count). The van der Waals surface area contributed by atoms with Crippen molar-refractivity contribution in [2.45, 2.75) is 6.61 Å². The largest absolute Gasteiger partial charge is 0.466 e. The van der Waals surface area contributed by atoms with E-state index in [1.54, 1.807) is 18.5 Å². The van der Waals surface area contributed by atoms with Crippen LogP contribution in [-0.2, 0) is 20.9 Å². The fourth-order valence-electron chi connectivity index (χ4n) is 1.75. The van der Waals surface area contributed by atoms with Crippen LogP contribution in [0.3, 0.4) is 0 Å². The molecule has 0 aliphatic rings. The zero-order chi connectivity index (χ0) is 16.3. The van der Waals surface area contributed by atoms with E-state index in [-0.39, 0.29) is 0 Å². The lowest BCUT2D eigenvalue weighted by atomic mass is 10.2. The maximum absolute atomic E-state index is 11.0. The van der Waals surface area contributed by atoms with Crippen LogP contribution in [0, 0.1) is 0 Å². The molecule has 23 heavy (non-hydrogen) atoms. The molecule has 0 unspecified atom stereocenters. The molecule has 6 heteroatoms. The molecular formula is C17H19N3O3. The van der Waals surface area contributed by atoms with Crippen molar-refractivity contribution in [3.63, 3.8) is 0 Å². The van der Waals surface area contributed by atoms with Crippen molar-refractivity contribution in [2.75, 3.05) is 25.6 Å². The van der Waals surface area contributed by atoms with Crippen LogP contribution in [0.4, 0.5) is 5.82 Å². The van der Waals surface area contributed by atoms with Gasteiger partial charge in [-0.15, -0.1) is 0 Å². The van der Waals surface area contributed by atoms with Crippen LogP contribution in [0.25, 0.3) is 6.08 Å². The second kappa shape index (κ2) is 9.32. The van der Waals surface area contributed by atoms with Crippen LogP contribution in [0.15, 0.2) is 48.8 Å². The minimum absolute atomic E-state index is 0.426. The Labute approximate surface area is 135 Å². The normalized spacial score (nSPS) is 10.7. The predicted octanol–water partition coefficient (Wildman–Crippen LogP) is 2.29. The van der Waals surface area contributed by atoms with E-state index >= 15 is 0 Å². The summed E-state index contributed by atoms with van der Waals surface area (Å²) in [5.74, 6) is 0.230. The molecule has 0 amide bonds. The lowest BCUT2D eigenvalue weighted by Gasteiger charge is -2.06. The van der Waals surface area contributed by atoms with Gasteiger partial charge in [-0.1, -0.05) is 30.3 Å². The highest BCUT2D eigenvalue weighted by molar-refractivity contribution is 5.86. The van der Waals surface area contributed by atoms with Gasteiger partial charge in [0.2, 0.25) is 0 Å². The first-order valence-corrected chi connectivity index (χ1v) is 7.21. The van der Waals surface area contributed by atoms with Crippen LogP contribution >= 0.6 is 0 Å². The lowest BCUT2D eigenvalue weighted by Crippen LogP contribution is -2.10. The number of methoxy groups -OCH3 is 1. The van der Waals surface area contributed by atoms with E-state index in [2.05, 4.69) is 20.0 Å². The van der Waals surface area contributed by atoms with E-state index in [0.29, 0.717) is 31.3 Å². The second-order valence-electron chi connectivity index (χ2n) is 4.65. The molecule has 1 heterocycles. The van der Waals surface area contributed by atoms with Crippen molar-refractivity contribution in [1.82, 2.24) is 9.97 Å². The molecule has 0 atom stereocenters. The SMILES string of the molecule is COC(=O)/C=C/c1cnc(NCCOCc2ccccc2)cn1. The number of aromatic nitrogens is 2. The third-order valence-corrected chi connectivity index (χ3v) is 2.93. The molecule has 1 aromatic heterocycles. The van der Waals surface area contributed by atoms with Crippen molar-refractivity contribution in [3.05, 3.63) is 60.1 Å². The summed E-state index contributed by atoms with van der Waals surface area (Å²) >= 11 is 0. The molecule has 0 fully saturated rings. The maximum Gasteiger partial charge on any atom is 0.330 e. The molecule has 0 radical (unpaired) electrons. The molecule has 0 bridgehead atoms. The molecule has 6 nitrogen and oxygen atoms in total. The fourth-order valence-corrected chi connectivity index (χ4v) is 1.75. The molecule has 120 valence electrons. The van der Waals surface area contributed by atoms with Gasteiger partial charge in [0.05, 0.1) is 38.4 Å². The Morgan fingerprint density at radius 2 is 2.04 bits per heavy atom. The van der Waals surface area contributed by atoms with Crippen molar-refractivity contribution in [3.8, 4) is 0 Å². The number of carbonyl (C=O) groups excluding carboxylic acids is 1. The van der Waals surface area contributed by atoms with Crippen LogP contribution in [0.5, 0.6) is 0 Å². The summed E-state index contributed by atoms with van der Waals surface area (Å²) in [6, 6.07) is 10.0. The summed E-state index contributed by atoms with van der Waals surface area (Å²) in [7, 11) is 1.32. The Morgan fingerprint density at radius 1 is 1.22 bits per heavy atom. The third kappa shape index (κ3) is 6.27. The van der Waals surface area contributed by atoms with Gasteiger partial charge in [0.15, 0.2) is 0 Å². The number of nitrogens with zero attached hydrogens (tertiary/aromatic N) is 2. The van der Waals surface area contributed by atoms with E-state index in [9.17, 15) is 4.79 Å². The number of hydrogen-bond donors (Lipinski definition) is 1. The highest BCUT2D eigenvalue weighted by Crippen LogP contribution is 2.03. The zero-order valence-corrected chi connectivity index (χ0v) is 12.9. The quantitative estimate of drug-likeness (QED) is 0.458. The molecule has 0 aliphatic heterocycles. The number of esters is 1. The molecular weight excluding hydrogens is 294 g/mol. The number of benzene rings is 1. The van der Waals surface area contributed by atoms with Gasteiger partial charge in [0.1, 0.15) is 5.82 Å². The van der Waals surface area contributed by atoms with Crippen molar-refractivity contribution >= 4 is 17.9 Å². The Bertz CT molecular complexity index is 627. The summed E-state index contributed by atoms with van der Waals surface area (Å²) in [5.41, 5.74) is 1.73. The minimum atomic E-state index is -0.426. The van der Waals surface area contributed by atoms with Crippen molar-refractivity contribution in [1.29, 1.82) is 0 Å². The van der Waals surface area contributed by atoms with E-state index < -0.39 is 5.97 Å². The molecule has 1 N–H and O–H groups in total. The Balaban J connectivity index is 1.68. The average Bonchev–Trinajstić information content (AvgIpc) is 2.61. The molecule has 0 spiro atoms. The van der Waals surface area contributed by atoms with Gasteiger partial charge in [0, 0.05) is 12.6 Å². The van der Waals surface area contributed by atoms with Gasteiger partial charge < -0.3 is 14.8 Å². The first-order chi connectivity index (χ1) is 11.3. The average molecular weight is 313 g/mol. The number of nitrogens with one attached hydrogen (secondary N) is 1. The third-order valence-electron chi connectivity index (χ3n) is 2.93. The summed E-state index contributed by atoms with van der Waals surface area (Å²) < 4.78 is 10.1. The molecule has 0 saturated heterocycles. The number of carbonyl (C=O) groups is 1. The van der Waals surface area contributed by atoms with Gasteiger partial charge in [-0.25, -0.2) is 9.78 Å². The smallest absolute Gasteiger partial charge is 0.330 e. The first kappa shape index (κ1) is 16.6. The van der Waals surface area contributed by atoms with Crippen LogP contribution in [0.1, 0.15) is 11.3 Å². The predicted molar refractivity (Wildman–Crippen MR) is 87.7 cm³/mol. The summed E-state index contributed by atoms with van der Waals surface area (Å²) in [6.07, 6.45) is 6.03. The van der Waals surface area contributed by atoms with E-state index in [4.69, 9.17) is 4.74 Å². The van der Waals surface area contributed by atoms with Gasteiger partial charge >= 0.3 is 5.97 Å². The lowest BCUT2D eigenvalue weighted by molar-refractivity contribution is -0.134. The number of ether oxygens (including phenoxy) is 2. The topological polar surface area (TPSA) is 73.3 Å². The number of hydrogen-bond acceptors (Lipinski definition) is 6. The highest BCUT2D eigenvalue weighted by atomic mass is 16.5. The minimum Gasteiger partial charge on any atom is -0.466 e. The number of rotatable bonds is 8. The Morgan fingerprint density at radius 3 is 2.74 bits per heavy atom. The molecule has 1 aromatic carbocycles. The standard InChI is InChI=1S/C17H19N3O3/c1-22-17(21)8-7-15-11-20-16(12-19-15)18-9-10-23-13-14-5-3-2-4-6-14/h2-8,11-12H,9-10,13H2,1H3,(H,18,20)/b8-7+. The van der Waals surface area contributed by atoms with Gasteiger partial charge in [-0.3, -0.25) is 4.98 Å². The van der Waals surface area contributed by atoms with Crippen molar-refractivity contribution < 1.29 is 14.3 Å².